The van der Waals surface area contributed by atoms with Gasteiger partial charge in [0.1, 0.15) is 0 Å². The van der Waals surface area contributed by atoms with E-state index in [9.17, 15) is 4.79 Å². The summed E-state index contributed by atoms with van der Waals surface area (Å²) in [6.45, 7) is 0.757. The van der Waals surface area contributed by atoms with Gasteiger partial charge >= 0.3 is 0 Å². The van der Waals surface area contributed by atoms with E-state index < -0.39 is 0 Å². The van der Waals surface area contributed by atoms with Crippen molar-refractivity contribution in [1.29, 1.82) is 0 Å². The Labute approximate surface area is 97.9 Å². The molecule has 0 unspecified atom stereocenters. The van der Waals surface area contributed by atoms with Crippen LogP contribution < -0.4 is 11.1 Å². The van der Waals surface area contributed by atoms with Crippen LogP contribution in [-0.2, 0) is 9.53 Å². The van der Waals surface area contributed by atoms with Gasteiger partial charge in [0.2, 0.25) is 5.91 Å². The zero-order valence-electron chi connectivity index (χ0n) is 10.2. The lowest BCUT2D eigenvalue weighted by atomic mass is 9.89. The molecule has 3 N–H and O–H groups in total. The van der Waals surface area contributed by atoms with Gasteiger partial charge in [-0.3, -0.25) is 4.79 Å². The molecule has 0 aromatic heterocycles. The third-order valence-electron chi connectivity index (χ3n) is 3.15. The summed E-state index contributed by atoms with van der Waals surface area (Å²) in [5, 5.41) is 3.03. The summed E-state index contributed by atoms with van der Waals surface area (Å²) < 4.78 is 5.16. The van der Waals surface area contributed by atoms with Crippen molar-refractivity contribution in [1.82, 2.24) is 5.32 Å². The molecule has 1 saturated carbocycles. The van der Waals surface area contributed by atoms with Crippen molar-refractivity contribution < 1.29 is 9.53 Å². The minimum Gasteiger partial charge on any atom is -0.381 e. The summed E-state index contributed by atoms with van der Waals surface area (Å²) in [6, 6.07) is 0.349. The van der Waals surface area contributed by atoms with Crippen molar-refractivity contribution in [2.24, 2.45) is 5.73 Å². The van der Waals surface area contributed by atoms with Crippen LogP contribution in [0.25, 0.3) is 0 Å². The van der Waals surface area contributed by atoms with Gasteiger partial charge in [0.15, 0.2) is 0 Å². The first kappa shape index (κ1) is 13.5. The van der Waals surface area contributed by atoms with Crippen molar-refractivity contribution in [2.45, 2.75) is 57.1 Å². The Morgan fingerprint density at radius 3 is 2.62 bits per heavy atom. The summed E-state index contributed by atoms with van der Waals surface area (Å²) >= 11 is 0. The van der Waals surface area contributed by atoms with Crippen LogP contribution >= 0.6 is 0 Å². The lowest BCUT2D eigenvalue weighted by Gasteiger charge is -2.34. The van der Waals surface area contributed by atoms with Gasteiger partial charge in [0.25, 0.3) is 0 Å². The third-order valence-corrected chi connectivity index (χ3v) is 3.15. The van der Waals surface area contributed by atoms with Gasteiger partial charge in [-0.25, -0.2) is 0 Å². The number of ether oxygens (including phenoxy) is 1. The lowest BCUT2D eigenvalue weighted by molar-refractivity contribution is -0.123. The van der Waals surface area contributed by atoms with Crippen molar-refractivity contribution >= 4 is 5.91 Å². The van der Waals surface area contributed by atoms with Gasteiger partial charge in [-0.05, 0) is 32.2 Å². The monoisotopic (exact) mass is 228 g/mol. The largest absolute Gasteiger partial charge is 0.381 e. The highest BCUT2D eigenvalue weighted by atomic mass is 16.5. The zero-order valence-corrected chi connectivity index (χ0v) is 10.2. The van der Waals surface area contributed by atoms with Crippen molar-refractivity contribution in [3.63, 3.8) is 0 Å². The molecular weight excluding hydrogens is 204 g/mol. The van der Waals surface area contributed by atoms with E-state index in [-0.39, 0.29) is 5.91 Å². The molecule has 0 heterocycles. The summed E-state index contributed by atoms with van der Waals surface area (Å²) in [5.74, 6) is 0.187. The molecule has 16 heavy (non-hydrogen) atoms. The van der Waals surface area contributed by atoms with Crippen LogP contribution in [0.5, 0.6) is 0 Å². The summed E-state index contributed by atoms with van der Waals surface area (Å²) in [7, 11) is 1.72. The molecule has 0 radical (unpaired) electrons. The number of hydrogen-bond donors (Lipinski definition) is 2. The lowest BCUT2D eigenvalue weighted by Crippen LogP contribution is -2.47. The molecule has 94 valence electrons. The number of carbonyl (C=O) groups is 1. The number of amides is 1. The second kappa shape index (κ2) is 7.63. The SMILES string of the molecule is COC1CC(NC(=O)CCCCCCN)C1. The average molecular weight is 228 g/mol. The van der Waals surface area contributed by atoms with Crippen LogP contribution in [0.4, 0.5) is 0 Å². The fourth-order valence-corrected chi connectivity index (χ4v) is 1.96. The number of nitrogens with one attached hydrogen (secondary N) is 1. The maximum atomic E-state index is 11.5. The second-order valence-corrected chi connectivity index (χ2v) is 4.55. The number of rotatable bonds is 8. The minimum absolute atomic E-state index is 0.187. The predicted octanol–water partition coefficient (Wildman–Crippen LogP) is 1.19. The van der Waals surface area contributed by atoms with Gasteiger partial charge in [0.05, 0.1) is 6.10 Å². The van der Waals surface area contributed by atoms with Gasteiger partial charge in [-0.2, -0.15) is 0 Å². The van der Waals surface area contributed by atoms with Crippen LogP contribution in [0.15, 0.2) is 0 Å². The molecule has 0 bridgehead atoms. The Bertz CT molecular complexity index is 203. The smallest absolute Gasteiger partial charge is 0.220 e. The summed E-state index contributed by atoms with van der Waals surface area (Å²) in [6.07, 6.45) is 7.24. The molecule has 1 fully saturated rings. The fraction of sp³-hybridized carbons (Fsp3) is 0.917. The first-order valence-corrected chi connectivity index (χ1v) is 6.28. The van der Waals surface area contributed by atoms with E-state index in [0.29, 0.717) is 18.6 Å². The molecule has 0 aliphatic heterocycles. The molecule has 0 aromatic rings. The van der Waals surface area contributed by atoms with E-state index in [0.717, 1.165) is 45.1 Å². The van der Waals surface area contributed by atoms with Gasteiger partial charge < -0.3 is 15.8 Å². The normalized spacial score (nSPS) is 23.9. The Balaban J connectivity index is 1.92. The standard InChI is InChI=1S/C12H24N2O2/c1-16-11-8-10(9-11)14-12(15)6-4-2-3-5-7-13/h10-11H,2-9,13H2,1H3,(H,14,15). The number of hydrogen-bond acceptors (Lipinski definition) is 3. The number of nitrogens with two attached hydrogens (primary N) is 1. The summed E-state index contributed by atoms with van der Waals surface area (Å²) in [4.78, 5) is 11.5. The maximum absolute atomic E-state index is 11.5. The Morgan fingerprint density at radius 2 is 2.00 bits per heavy atom. The molecule has 4 nitrogen and oxygen atoms in total. The average Bonchev–Trinajstić information content (AvgIpc) is 2.22. The highest BCUT2D eigenvalue weighted by molar-refractivity contribution is 5.76. The minimum atomic E-state index is 0.187. The molecular formula is C12H24N2O2. The molecule has 1 rings (SSSR count). The van der Waals surface area contributed by atoms with Gasteiger partial charge in [-0.15, -0.1) is 0 Å². The molecule has 4 heteroatoms. The van der Waals surface area contributed by atoms with E-state index in [2.05, 4.69) is 5.32 Å². The number of methoxy groups -OCH3 is 1. The molecule has 1 aliphatic rings. The van der Waals surface area contributed by atoms with Gasteiger partial charge in [0, 0.05) is 19.6 Å². The van der Waals surface area contributed by atoms with Crippen LogP contribution in [0.2, 0.25) is 0 Å². The quantitative estimate of drug-likeness (QED) is 0.613. The molecule has 1 aliphatic carbocycles. The second-order valence-electron chi connectivity index (χ2n) is 4.55. The summed E-state index contributed by atoms with van der Waals surface area (Å²) in [5.41, 5.74) is 5.40. The van der Waals surface area contributed by atoms with E-state index in [4.69, 9.17) is 10.5 Å². The molecule has 0 atom stereocenters. The Morgan fingerprint density at radius 1 is 1.31 bits per heavy atom. The topological polar surface area (TPSA) is 64.3 Å². The van der Waals surface area contributed by atoms with Crippen LogP contribution in [0.3, 0.4) is 0 Å². The maximum Gasteiger partial charge on any atom is 0.220 e. The van der Waals surface area contributed by atoms with E-state index in [1.165, 1.54) is 0 Å². The number of unbranched alkanes of at least 4 members (excludes halogenated alkanes) is 3. The Hall–Kier alpha value is -0.610. The first-order chi connectivity index (χ1) is 7.76. The predicted molar refractivity (Wildman–Crippen MR) is 64.1 cm³/mol. The van der Waals surface area contributed by atoms with Crippen LogP contribution in [-0.4, -0.2) is 31.7 Å². The van der Waals surface area contributed by atoms with Crippen LogP contribution in [0.1, 0.15) is 44.9 Å². The van der Waals surface area contributed by atoms with Crippen molar-refractivity contribution in [3.8, 4) is 0 Å². The van der Waals surface area contributed by atoms with E-state index >= 15 is 0 Å². The van der Waals surface area contributed by atoms with E-state index in [1.54, 1.807) is 7.11 Å². The Kier molecular flexibility index (Phi) is 6.42. The molecule has 1 amide bonds. The first-order valence-electron chi connectivity index (χ1n) is 6.28. The van der Waals surface area contributed by atoms with E-state index in [1.807, 2.05) is 0 Å². The highest BCUT2D eigenvalue weighted by Gasteiger charge is 2.29. The third kappa shape index (κ3) is 4.94. The highest BCUT2D eigenvalue weighted by Crippen LogP contribution is 2.22. The molecule has 0 spiro atoms. The zero-order chi connectivity index (χ0) is 11.8. The van der Waals surface area contributed by atoms with Crippen molar-refractivity contribution in [2.75, 3.05) is 13.7 Å². The molecule has 0 aromatic carbocycles. The van der Waals surface area contributed by atoms with Crippen molar-refractivity contribution in [3.05, 3.63) is 0 Å². The number of carbonyl (C=O) groups excluding carboxylic acids is 1. The van der Waals surface area contributed by atoms with Gasteiger partial charge in [-0.1, -0.05) is 12.8 Å². The fourth-order valence-electron chi connectivity index (χ4n) is 1.96. The molecule has 0 saturated heterocycles. The van der Waals surface area contributed by atoms with Crippen LogP contribution in [0, 0.1) is 0 Å².